The van der Waals surface area contributed by atoms with E-state index in [-0.39, 0.29) is 11.8 Å². The third-order valence-electron chi connectivity index (χ3n) is 4.64. The van der Waals surface area contributed by atoms with E-state index in [1.807, 2.05) is 0 Å². The van der Waals surface area contributed by atoms with Crippen molar-refractivity contribution in [1.29, 1.82) is 0 Å². The second-order valence-electron chi connectivity index (χ2n) is 5.91. The van der Waals surface area contributed by atoms with Crippen molar-refractivity contribution >= 4 is 5.91 Å². The van der Waals surface area contributed by atoms with E-state index < -0.39 is 5.54 Å². The van der Waals surface area contributed by atoms with E-state index in [9.17, 15) is 4.79 Å². The van der Waals surface area contributed by atoms with Gasteiger partial charge in [0.05, 0.1) is 5.54 Å². The van der Waals surface area contributed by atoms with E-state index in [1.165, 1.54) is 0 Å². The number of ether oxygens (including phenoxy) is 2. The molecule has 0 radical (unpaired) electrons. The van der Waals surface area contributed by atoms with Gasteiger partial charge in [0.1, 0.15) is 0 Å². The molecule has 5 heteroatoms. The molecule has 4 N–H and O–H groups in total. The molecule has 0 aromatic heterocycles. The van der Waals surface area contributed by atoms with Crippen molar-refractivity contribution in [2.24, 2.45) is 23.3 Å². The second-order valence-corrected chi connectivity index (χ2v) is 5.91. The molecule has 0 bridgehead atoms. The van der Waals surface area contributed by atoms with Gasteiger partial charge in [-0.25, -0.2) is 0 Å². The van der Waals surface area contributed by atoms with Gasteiger partial charge in [-0.05, 0) is 43.9 Å². The highest BCUT2D eigenvalue weighted by Gasteiger charge is 2.43. The van der Waals surface area contributed by atoms with Crippen molar-refractivity contribution in [3.8, 4) is 0 Å². The lowest BCUT2D eigenvalue weighted by Gasteiger charge is -2.28. The fraction of sp³-hybridized carbons (Fsp3) is 0.929. The summed E-state index contributed by atoms with van der Waals surface area (Å²) < 4.78 is 11.1. The minimum Gasteiger partial charge on any atom is -0.381 e. The Morgan fingerprint density at radius 1 is 1.32 bits per heavy atom. The van der Waals surface area contributed by atoms with Crippen molar-refractivity contribution in [3.63, 3.8) is 0 Å². The minimum atomic E-state index is -0.804. The molecule has 19 heavy (non-hydrogen) atoms. The standard InChI is InChI=1S/C14H26N2O3/c15-13(17)14(16)6-1-2-12(14)5-9-19-10-11-3-7-18-8-4-11/h11-12H,1-10,16H2,(H2,15,17). The summed E-state index contributed by atoms with van der Waals surface area (Å²) in [4.78, 5) is 11.5. The normalized spacial score (nSPS) is 32.6. The summed E-state index contributed by atoms with van der Waals surface area (Å²) >= 11 is 0. The van der Waals surface area contributed by atoms with Gasteiger partial charge in [-0.3, -0.25) is 4.79 Å². The zero-order valence-electron chi connectivity index (χ0n) is 11.6. The molecular formula is C14H26N2O3. The van der Waals surface area contributed by atoms with Crippen LogP contribution in [0.4, 0.5) is 0 Å². The highest BCUT2D eigenvalue weighted by Crippen LogP contribution is 2.35. The lowest BCUT2D eigenvalue weighted by Crippen LogP contribution is -2.54. The second kappa shape index (κ2) is 6.68. The minimum absolute atomic E-state index is 0.180. The summed E-state index contributed by atoms with van der Waals surface area (Å²) in [6.07, 6.45) is 5.71. The third-order valence-corrected chi connectivity index (χ3v) is 4.64. The molecule has 1 saturated heterocycles. The predicted molar refractivity (Wildman–Crippen MR) is 72.4 cm³/mol. The highest BCUT2D eigenvalue weighted by molar-refractivity contribution is 5.85. The van der Waals surface area contributed by atoms with Crippen LogP contribution in [0, 0.1) is 11.8 Å². The summed E-state index contributed by atoms with van der Waals surface area (Å²) in [6, 6.07) is 0. The lowest BCUT2D eigenvalue weighted by molar-refractivity contribution is -0.124. The number of rotatable bonds is 6. The molecule has 1 amide bonds. The fourth-order valence-corrected chi connectivity index (χ4v) is 3.22. The van der Waals surface area contributed by atoms with Gasteiger partial charge in [-0.2, -0.15) is 0 Å². The molecule has 2 aliphatic rings. The summed E-state index contributed by atoms with van der Waals surface area (Å²) in [6.45, 7) is 3.17. The van der Waals surface area contributed by atoms with Gasteiger partial charge in [0.2, 0.25) is 5.91 Å². The maximum Gasteiger partial charge on any atom is 0.237 e. The van der Waals surface area contributed by atoms with Gasteiger partial charge in [0.15, 0.2) is 0 Å². The smallest absolute Gasteiger partial charge is 0.237 e. The predicted octanol–water partition coefficient (Wildman–Crippen LogP) is 0.803. The van der Waals surface area contributed by atoms with Crippen LogP contribution in [0.2, 0.25) is 0 Å². The van der Waals surface area contributed by atoms with Crippen LogP contribution in [-0.2, 0) is 14.3 Å². The molecule has 1 heterocycles. The van der Waals surface area contributed by atoms with E-state index in [4.69, 9.17) is 20.9 Å². The largest absolute Gasteiger partial charge is 0.381 e. The van der Waals surface area contributed by atoms with Gasteiger partial charge in [-0.15, -0.1) is 0 Å². The Labute approximate surface area is 115 Å². The Morgan fingerprint density at radius 2 is 2.05 bits per heavy atom. The van der Waals surface area contributed by atoms with Crippen molar-refractivity contribution in [1.82, 2.24) is 0 Å². The number of carbonyl (C=O) groups is 1. The van der Waals surface area contributed by atoms with Crippen LogP contribution in [0.5, 0.6) is 0 Å². The SMILES string of the molecule is NC(=O)C1(N)CCCC1CCOCC1CCOCC1. The van der Waals surface area contributed by atoms with Crippen molar-refractivity contribution in [3.05, 3.63) is 0 Å². The molecule has 0 aromatic carbocycles. The lowest BCUT2D eigenvalue weighted by atomic mass is 9.85. The van der Waals surface area contributed by atoms with Crippen LogP contribution in [0.3, 0.4) is 0 Å². The first kappa shape index (κ1) is 14.8. The van der Waals surface area contributed by atoms with Gasteiger partial charge < -0.3 is 20.9 Å². The Morgan fingerprint density at radius 3 is 2.74 bits per heavy atom. The molecule has 2 fully saturated rings. The summed E-state index contributed by atoms with van der Waals surface area (Å²) in [5, 5.41) is 0. The van der Waals surface area contributed by atoms with E-state index in [1.54, 1.807) is 0 Å². The molecular weight excluding hydrogens is 244 g/mol. The first-order valence-corrected chi connectivity index (χ1v) is 7.37. The number of carbonyl (C=O) groups excluding carboxylic acids is 1. The van der Waals surface area contributed by atoms with Crippen LogP contribution in [-0.4, -0.2) is 37.9 Å². The van der Waals surface area contributed by atoms with Gasteiger partial charge in [-0.1, -0.05) is 6.42 Å². The molecule has 110 valence electrons. The van der Waals surface area contributed by atoms with E-state index >= 15 is 0 Å². The van der Waals surface area contributed by atoms with E-state index in [2.05, 4.69) is 0 Å². The summed E-state index contributed by atoms with van der Waals surface area (Å²) in [7, 11) is 0. The maximum absolute atomic E-state index is 11.5. The molecule has 2 rings (SSSR count). The Bertz CT molecular complexity index is 305. The molecule has 1 aliphatic carbocycles. The zero-order chi connectivity index (χ0) is 13.7. The topological polar surface area (TPSA) is 87.6 Å². The van der Waals surface area contributed by atoms with Crippen molar-refractivity contribution < 1.29 is 14.3 Å². The fourth-order valence-electron chi connectivity index (χ4n) is 3.22. The quantitative estimate of drug-likeness (QED) is 0.699. The molecule has 2 atom stereocenters. The van der Waals surface area contributed by atoms with Crippen LogP contribution in [0.15, 0.2) is 0 Å². The van der Waals surface area contributed by atoms with Crippen LogP contribution in [0.1, 0.15) is 38.5 Å². The zero-order valence-corrected chi connectivity index (χ0v) is 11.6. The number of hydrogen-bond donors (Lipinski definition) is 2. The first-order chi connectivity index (χ1) is 9.13. The first-order valence-electron chi connectivity index (χ1n) is 7.37. The van der Waals surface area contributed by atoms with E-state index in [0.717, 1.165) is 51.9 Å². The van der Waals surface area contributed by atoms with Crippen molar-refractivity contribution in [2.45, 2.75) is 44.1 Å². The number of amides is 1. The maximum atomic E-state index is 11.5. The van der Waals surface area contributed by atoms with E-state index in [0.29, 0.717) is 18.9 Å². The summed E-state index contributed by atoms with van der Waals surface area (Å²) in [5.74, 6) is 0.440. The molecule has 1 aliphatic heterocycles. The van der Waals surface area contributed by atoms with Gasteiger partial charge in [0.25, 0.3) is 0 Å². The van der Waals surface area contributed by atoms with Crippen LogP contribution in [0.25, 0.3) is 0 Å². The Hall–Kier alpha value is -0.650. The molecule has 1 saturated carbocycles. The number of nitrogens with two attached hydrogens (primary N) is 2. The van der Waals surface area contributed by atoms with Gasteiger partial charge in [0, 0.05) is 26.4 Å². The molecule has 5 nitrogen and oxygen atoms in total. The molecule has 0 aromatic rings. The van der Waals surface area contributed by atoms with Crippen LogP contribution >= 0.6 is 0 Å². The Balaban J connectivity index is 1.66. The average Bonchev–Trinajstić information content (AvgIpc) is 2.79. The molecule has 2 unspecified atom stereocenters. The summed E-state index contributed by atoms with van der Waals surface area (Å²) in [5.41, 5.74) is 10.7. The number of hydrogen-bond acceptors (Lipinski definition) is 4. The van der Waals surface area contributed by atoms with Crippen molar-refractivity contribution in [2.75, 3.05) is 26.4 Å². The molecule has 0 spiro atoms. The highest BCUT2D eigenvalue weighted by atomic mass is 16.5. The average molecular weight is 270 g/mol. The van der Waals surface area contributed by atoms with Crippen LogP contribution < -0.4 is 11.5 Å². The Kier molecular flexibility index (Phi) is 5.19. The third kappa shape index (κ3) is 3.68. The number of primary amides is 1. The monoisotopic (exact) mass is 270 g/mol. The van der Waals surface area contributed by atoms with Gasteiger partial charge >= 0.3 is 0 Å².